The molecule has 2 unspecified atom stereocenters. The number of hydrogen-bond donors (Lipinski definition) is 1. The summed E-state index contributed by atoms with van der Waals surface area (Å²) >= 11 is 3.30. The lowest BCUT2D eigenvalue weighted by Crippen LogP contribution is -2.44. The van der Waals surface area contributed by atoms with E-state index in [4.69, 9.17) is 5.73 Å². The first-order valence-corrected chi connectivity index (χ1v) is 9.77. The van der Waals surface area contributed by atoms with Crippen LogP contribution in [0, 0.1) is 11.8 Å². The summed E-state index contributed by atoms with van der Waals surface area (Å²) in [5, 5.41) is 0. The zero-order valence-corrected chi connectivity index (χ0v) is 14.4. The van der Waals surface area contributed by atoms with Gasteiger partial charge in [0, 0.05) is 23.2 Å². The minimum absolute atomic E-state index is 0.303. The van der Waals surface area contributed by atoms with Crippen LogP contribution < -0.4 is 5.73 Å². The molecule has 3 rings (SSSR count). The third-order valence-corrected chi connectivity index (χ3v) is 7.44. The van der Waals surface area contributed by atoms with Crippen LogP contribution in [0.25, 0.3) is 0 Å². The van der Waals surface area contributed by atoms with E-state index < -0.39 is 10.0 Å². The van der Waals surface area contributed by atoms with E-state index in [9.17, 15) is 8.42 Å². The Bertz CT molecular complexity index is 633. The van der Waals surface area contributed by atoms with Gasteiger partial charge in [0.1, 0.15) is 0 Å². The van der Waals surface area contributed by atoms with Gasteiger partial charge in [-0.25, -0.2) is 8.42 Å². The van der Waals surface area contributed by atoms with E-state index in [-0.39, 0.29) is 0 Å². The van der Waals surface area contributed by atoms with Crippen molar-refractivity contribution in [1.29, 1.82) is 0 Å². The van der Waals surface area contributed by atoms with E-state index in [1.807, 2.05) is 0 Å². The Labute approximate surface area is 134 Å². The highest BCUT2D eigenvalue weighted by molar-refractivity contribution is 9.10. The van der Waals surface area contributed by atoms with Crippen LogP contribution in [0.3, 0.4) is 0 Å². The highest BCUT2D eigenvalue weighted by Crippen LogP contribution is 2.38. The van der Waals surface area contributed by atoms with Gasteiger partial charge in [-0.05, 0) is 58.8 Å². The molecule has 1 aliphatic heterocycles. The lowest BCUT2D eigenvalue weighted by atomic mass is 9.76. The van der Waals surface area contributed by atoms with Gasteiger partial charge in [-0.15, -0.1) is 0 Å². The quantitative estimate of drug-likeness (QED) is 0.810. The topological polar surface area (TPSA) is 63.4 Å². The molecule has 0 bridgehead atoms. The third kappa shape index (κ3) is 2.98. The van der Waals surface area contributed by atoms with Gasteiger partial charge >= 0.3 is 0 Å². The summed E-state index contributed by atoms with van der Waals surface area (Å²) < 4.78 is 27.9. The van der Waals surface area contributed by atoms with Crippen LogP contribution in [-0.2, 0) is 10.0 Å². The summed E-state index contributed by atoms with van der Waals surface area (Å²) in [4.78, 5) is 0.303. The molecule has 0 spiro atoms. The van der Waals surface area contributed by atoms with Gasteiger partial charge in [0.25, 0.3) is 0 Å². The van der Waals surface area contributed by atoms with E-state index in [1.54, 1.807) is 22.5 Å². The van der Waals surface area contributed by atoms with Gasteiger partial charge in [0.2, 0.25) is 10.0 Å². The molecule has 0 amide bonds. The summed E-state index contributed by atoms with van der Waals surface area (Å²) in [5.74, 6) is 1.26. The lowest BCUT2D eigenvalue weighted by Gasteiger charge is -2.40. The molecule has 0 radical (unpaired) electrons. The molecule has 1 aromatic carbocycles. The summed E-state index contributed by atoms with van der Waals surface area (Å²) in [7, 11) is -3.42. The monoisotopic (exact) mass is 372 g/mol. The van der Waals surface area contributed by atoms with Crippen LogP contribution in [-0.4, -0.2) is 25.8 Å². The molecule has 2 fully saturated rings. The van der Waals surface area contributed by atoms with Crippen molar-refractivity contribution >= 4 is 31.6 Å². The van der Waals surface area contributed by atoms with Gasteiger partial charge in [-0.2, -0.15) is 4.31 Å². The molecule has 4 nitrogen and oxygen atoms in total. The lowest BCUT2D eigenvalue weighted by molar-refractivity contribution is 0.136. The van der Waals surface area contributed by atoms with Crippen LogP contribution in [0.15, 0.2) is 27.6 Å². The SMILES string of the molecule is Nc1cc(S(=O)(=O)N2CCC3CCCCC3C2)ccc1Br. The molecule has 2 aliphatic rings. The first kappa shape index (κ1) is 15.3. The third-order valence-electron chi connectivity index (χ3n) is 4.86. The number of fused-ring (bicyclic) bond motifs is 1. The molecule has 1 aromatic rings. The predicted octanol–water partition coefficient (Wildman–Crippen LogP) is 3.23. The first-order chi connectivity index (χ1) is 9.98. The van der Waals surface area contributed by atoms with Gasteiger partial charge in [-0.3, -0.25) is 0 Å². The summed E-state index contributed by atoms with van der Waals surface area (Å²) in [6.45, 7) is 1.31. The fraction of sp³-hybridized carbons (Fsp3) is 0.600. The Morgan fingerprint density at radius 1 is 1.14 bits per heavy atom. The zero-order valence-electron chi connectivity index (χ0n) is 12.0. The number of benzene rings is 1. The molecule has 1 heterocycles. The number of nitrogens with two attached hydrogens (primary N) is 1. The van der Waals surface area contributed by atoms with Gasteiger partial charge in [0.15, 0.2) is 0 Å². The summed E-state index contributed by atoms with van der Waals surface area (Å²) in [5.41, 5.74) is 6.28. The minimum atomic E-state index is -3.42. The number of halogens is 1. The van der Waals surface area contributed by atoms with Crippen LogP contribution >= 0.6 is 15.9 Å². The maximum Gasteiger partial charge on any atom is 0.243 e. The maximum atomic E-state index is 12.8. The van der Waals surface area contributed by atoms with Crippen molar-refractivity contribution in [3.05, 3.63) is 22.7 Å². The zero-order chi connectivity index (χ0) is 15.0. The molecule has 116 valence electrons. The number of nitrogen functional groups attached to an aromatic ring is 1. The van der Waals surface area contributed by atoms with Crippen molar-refractivity contribution in [3.8, 4) is 0 Å². The molecule has 2 atom stereocenters. The molecule has 6 heteroatoms. The van der Waals surface area contributed by atoms with Crippen LogP contribution in [0.5, 0.6) is 0 Å². The molecule has 21 heavy (non-hydrogen) atoms. The second-order valence-corrected chi connectivity index (χ2v) is 8.93. The Hall–Kier alpha value is -0.590. The Balaban J connectivity index is 1.83. The summed E-state index contributed by atoms with van der Waals surface area (Å²) in [6, 6.07) is 4.88. The molecular formula is C15H21BrN2O2S. The molecule has 0 aromatic heterocycles. The number of hydrogen-bond acceptors (Lipinski definition) is 3. The van der Waals surface area contributed by atoms with Gasteiger partial charge in [0.05, 0.1) is 4.90 Å². The maximum absolute atomic E-state index is 12.8. The normalized spacial score (nSPS) is 27.3. The van der Waals surface area contributed by atoms with Crippen molar-refractivity contribution in [2.75, 3.05) is 18.8 Å². The van der Waals surface area contributed by atoms with Gasteiger partial charge in [-0.1, -0.05) is 19.3 Å². The summed E-state index contributed by atoms with van der Waals surface area (Å²) in [6.07, 6.45) is 5.97. The number of anilines is 1. The van der Waals surface area contributed by atoms with E-state index in [2.05, 4.69) is 15.9 Å². The minimum Gasteiger partial charge on any atom is -0.398 e. The second-order valence-electron chi connectivity index (χ2n) is 6.14. The van der Waals surface area contributed by atoms with E-state index in [0.717, 1.165) is 16.8 Å². The highest BCUT2D eigenvalue weighted by Gasteiger charge is 2.36. The fourth-order valence-electron chi connectivity index (χ4n) is 3.62. The Morgan fingerprint density at radius 2 is 1.86 bits per heavy atom. The largest absolute Gasteiger partial charge is 0.398 e. The smallest absolute Gasteiger partial charge is 0.243 e. The van der Waals surface area contributed by atoms with E-state index in [0.29, 0.717) is 29.6 Å². The van der Waals surface area contributed by atoms with Gasteiger partial charge < -0.3 is 5.73 Å². The second kappa shape index (κ2) is 5.89. The molecule has 2 N–H and O–H groups in total. The molecular weight excluding hydrogens is 352 g/mol. The number of piperidine rings is 1. The van der Waals surface area contributed by atoms with E-state index >= 15 is 0 Å². The predicted molar refractivity (Wildman–Crippen MR) is 87.4 cm³/mol. The van der Waals surface area contributed by atoms with Crippen molar-refractivity contribution in [2.24, 2.45) is 11.8 Å². The standard InChI is InChI=1S/C15H21BrN2O2S/c16-14-6-5-13(9-15(14)17)21(19,20)18-8-7-11-3-1-2-4-12(11)10-18/h5-6,9,11-12H,1-4,7-8,10,17H2. The highest BCUT2D eigenvalue weighted by atomic mass is 79.9. The van der Waals surface area contributed by atoms with Crippen LogP contribution in [0.1, 0.15) is 32.1 Å². The van der Waals surface area contributed by atoms with Crippen molar-refractivity contribution < 1.29 is 8.42 Å². The molecule has 1 aliphatic carbocycles. The van der Waals surface area contributed by atoms with Crippen LogP contribution in [0.2, 0.25) is 0 Å². The average molecular weight is 373 g/mol. The Morgan fingerprint density at radius 3 is 2.57 bits per heavy atom. The average Bonchev–Trinajstić information content (AvgIpc) is 2.49. The van der Waals surface area contributed by atoms with Crippen molar-refractivity contribution in [3.63, 3.8) is 0 Å². The van der Waals surface area contributed by atoms with Crippen LogP contribution in [0.4, 0.5) is 5.69 Å². The Kier molecular flexibility index (Phi) is 4.30. The first-order valence-electron chi connectivity index (χ1n) is 7.53. The van der Waals surface area contributed by atoms with Crippen molar-refractivity contribution in [2.45, 2.75) is 37.0 Å². The van der Waals surface area contributed by atoms with E-state index in [1.165, 1.54) is 25.7 Å². The fourth-order valence-corrected chi connectivity index (χ4v) is 5.41. The number of nitrogens with zero attached hydrogens (tertiary/aromatic N) is 1. The molecule has 1 saturated heterocycles. The molecule has 1 saturated carbocycles. The number of sulfonamides is 1. The van der Waals surface area contributed by atoms with Crippen molar-refractivity contribution in [1.82, 2.24) is 4.31 Å². The number of rotatable bonds is 2.